The van der Waals surface area contributed by atoms with Crippen LogP contribution in [0.3, 0.4) is 0 Å². The summed E-state index contributed by atoms with van der Waals surface area (Å²) in [4.78, 5) is 29.5. The molecule has 0 bridgehead atoms. The van der Waals surface area contributed by atoms with E-state index in [9.17, 15) is 4.79 Å². The van der Waals surface area contributed by atoms with Gasteiger partial charge in [-0.25, -0.2) is 0 Å². The third kappa shape index (κ3) is 6.24. The van der Waals surface area contributed by atoms with E-state index in [4.69, 9.17) is 0 Å². The lowest BCUT2D eigenvalue weighted by Gasteiger charge is -2.20. The number of aromatic nitrogens is 5. The van der Waals surface area contributed by atoms with E-state index >= 15 is 0 Å². The van der Waals surface area contributed by atoms with Crippen molar-refractivity contribution in [3.8, 4) is 0 Å². The molecule has 0 atom stereocenters. The SMILES string of the molecule is Cc1nc(Nc2cc(CC(=O)Nc3ccccc3)[nH]n2)nc(N(C)CCN(C)C)n1. The number of benzene rings is 1. The highest BCUT2D eigenvalue weighted by Gasteiger charge is 2.12. The van der Waals surface area contributed by atoms with E-state index in [1.807, 2.05) is 63.3 Å². The number of nitrogens with one attached hydrogen (secondary N) is 3. The number of anilines is 4. The molecule has 0 saturated heterocycles. The van der Waals surface area contributed by atoms with Crippen molar-refractivity contribution < 1.29 is 4.79 Å². The second kappa shape index (κ2) is 9.79. The Hall–Kier alpha value is -3.53. The molecule has 1 amide bonds. The zero-order valence-electron chi connectivity index (χ0n) is 17.7. The van der Waals surface area contributed by atoms with Gasteiger partial charge in [0.05, 0.1) is 6.42 Å². The molecule has 0 aliphatic heterocycles. The van der Waals surface area contributed by atoms with Crippen molar-refractivity contribution in [2.24, 2.45) is 0 Å². The molecule has 0 radical (unpaired) electrons. The average molecular weight is 409 g/mol. The quantitative estimate of drug-likeness (QED) is 0.490. The molecule has 30 heavy (non-hydrogen) atoms. The van der Waals surface area contributed by atoms with Gasteiger partial charge in [-0.1, -0.05) is 18.2 Å². The number of amides is 1. The van der Waals surface area contributed by atoms with Crippen molar-refractivity contribution in [3.05, 3.63) is 47.9 Å². The van der Waals surface area contributed by atoms with Gasteiger partial charge in [0.15, 0.2) is 5.82 Å². The summed E-state index contributed by atoms with van der Waals surface area (Å²) < 4.78 is 0. The van der Waals surface area contributed by atoms with Gasteiger partial charge >= 0.3 is 0 Å². The first-order valence-corrected chi connectivity index (χ1v) is 9.64. The molecular weight excluding hydrogens is 382 g/mol. The summed E-state index contributed by atoms with van der Waals surface area (Å²) in [6.07, 6.45) is 0.179. The average Bonchev–Trinajstić information content (AvgIpc) is 3.12. The second-order valence-electron chi connectivity index (χ2n) is 7.23. The molecule has 3 aromatic rings. The van der Waals surface area contributed by atoms with Gasteiger partial charge in [-0.15, -0.1) is 0 Å². The van der Waals surface area contributed by atoms with Gasteiger partial charge in [-0.05, 0) is 33.2 Å². The number of aryl methyl sites for hydroxylation is 1. The van der Waals surface area contributed by atoms with Gasteiger partial charge in [-0.2, -0.15) is 20.1 Å². The monoisotopic (exact) mass is 409 g/mol. The number of hydrogen-bond acceptors (Lipinski definition) is 8. The zero-order valence-corrected chi connectivity index (χ0v) is 17.7. The fraction of sp³-hybridized carbons (Fsp3) is 0.350. The van der Waals surface area contributed by atoms with Crippen LogP contribution in [0.25, 0.3) is 0 Å². The first-order chi connectivity index (χ1) is 14.4. The van der Waals surface area contributed by atoms with E-state index in [1.165, 1.54) is 0 Å². The minimum Gasteiger partial charge on any atom is -0.342 e. The predicted octanol–water partition coefficient (Wildman–Crippen LogP) is 1.83. The van der Waals surface area contributed by atoms with E-state index in [0.717, 1.165) is 18.8 Å². The summed E-state index contributed by atoms with van der Waals surface area (Å²) in [6, 6.07) is 11.1. The molecule has 0 spiro atoms. The number of carbonyl (C=O) groups is 1. The number of H-pyrrole nitrogens is 1. The molecule has 0 unspecified atom stereocenters. The lowest BCUT2D eigenvalue weighted by molar-refractivity contribution is -0.115. The van der Waals surface area contributed by atoms with Gasteiger partial charge in [0.25, 0.3) is 0 Å². The normalized spacial score (nSPS) is 10.8. The highest BCUT2D eigenvalue weighted by molar-refractivity contribution is 5.92. The van der Waals surface area contributed by atoms with Gasteiger partial charge in [-0.3, -0.25) is 9.89 Å². The molecule has 10 heteroatoms. The largest absolute Gasteiger partial charge is 0.342 e. The molecule has 158 valence electrons. The number of carbonyl (C=O) groups excluding carboxylic acids is 1. The number of hydrogen-bond donors (Lipinski definition) is 3. The molecular formula is C20H27N9O. The fourth-order valence-corrected chi connectivity index (χ4v) is 2.67. The van der Waals surface area contributed by atoms with Crippen LogP contribution in [0.5, 0.6) is 0 Å². The van der Waals surface area contributed by atoms with Crippen LogP contribution in [-0.2, 0) is 11.2 Å². The summed E-state index contributed by atoms with van der Waals surface area (Å²) in [5, 5.41) is 13.0. The Morgan fingerprint density at radius 3 is 2.57 bits per heavy atom. The van der Waals surface area contributed by atoms with Gasteiger partial charge in [0.1, 0.15) is 5.82 Å². The zero-order chi connectivity index (χ0) is 21.5. The first-order valence-electron chi connectivity index (χ1n) is 9.64. The predicted molar refractivity (Wildman–Crippen MR) is 117 cm³/mol. The number of aromatic amines is 1. The van der Waals surface area contributed by atoms with Crippen molar-refractivity contribution in [2.45, 2.75) is 13.3 Å². The third-order valence-corrected chi connectivity index (χ3v) is 4.24. The molecule has 0 fully saturated rings. The Kier molecular flexibility index (Phi) is 6.91. The van der Waals surface area contributed by atoms with Crippen molar-refractivity contribution in [2.75, 3.05) is 49.8 Å². The number of rotatable bonds is 9. The molecule has 0 saturated carbocycles. The van der Waals surface area contributed by atoms with Crippen LogP contribution < -0.4 is 15.5 Å². The summed E-state index contributed by atoms with van der Waals surface area (Å²) in [7, 11) is 5.99. The van der Waals surface area contributed by atoms with E-state index in [0.29, 0.717) is 29.2 Å². The van der Waals surface area contributed by atoms with Crippen LogP contribution in [0.4, 0.5) is 23.4 Å². The van der Waals surface area contributed by atoms with Crippen molar-refractivity contribution in [3.63, 3.8) is 0 Å². The van der Waals surface area contributed by atoms with Crippen molar-refractivity contribution in [1.82, 2.24) is 30.0 Å². The Bertz CT molecular complexity index is 971. The number of nitrogens with zero attached hydrogens (tertiary/aromatic N) is 6. The van der Waals surface area contributed by atoms with Crippen LogP contribution in [0.2, 0.25) is 0 Å². The Morgan fingerprint density at radius 2 is 1.83 bits per heavy atom. The molecule has 10 nitrogen and oxygen atoms in total. The summed E-state index contributed by atoms with van der Waals surface area (Å²) in [5.74, 6) is 2.00. The maximum Gasteiger partial charge on any atom is 0.233 e. The minimum absolute atomic E-state index is 0.128. The van der Waals surface area contributed by atoms with Gasteiger partial charge < -0.3 is 20.4 Å². The standard InChI is InChI=1S/C20H27N9O/c1-14-21-19(25-20(22-14)29(4)11-10-28(2)3)24-17-12-16(26-27-17)13-18(30)23-15-8-6-5-7-9-15/h5-9,12H,10-11,13H2,1-4H3,(H,23,30)(H2,21,22,24,25,26,27). The molecule has 3 rings (SSSR count). The van der Waals surface area contributed by atoms with Crippen molar-refractivity contribution in [1.29, 1.82) is 0 Å². The van der Waals surface area contributed by atoms with Crippen LogP contribution in [0, 0.1) is 6.92 Å². The van der Waals surface area contributed by atoms with E-state index in [2.05, 4.69) is 40.7 Å². The topological polar surface area (TPSA) is 115 Å². The number of para-hydroxylation sites is 1. The molecule has 1 aromatic carbocycles. The van der Waals surface area contributed by atoms with Crippen LogP contribution >= 0.6 is 0 Å². The van der Waals surface area contributed by atoms with E-state index < -0.39 is 0 Å². The maximum atomic E-state index is 12.2. The molecule has 2 heterocycles. The summed E-state index contributed by atoms with van der Waals surface area (Å²) in [5.41, 5.74) is 1.44. The molecule has 0 aliphatic rings. The summed E-state index contributed by atoms with van der Waals surface area (Å²) in [6.45, 7) is 3.50. The lowest BCUT2D eigenvalue weighted by atomic mass is 10.2. The first kappa shape index (κ1) is 21.2. The maximum absolute atomic E-state index is 12.2. The minimum atomic E-state index is -0.128. The molecule has 0 aliphatic carbocycles. The Morgan fingerprint density at radius 1 is 1.07 bits per heavy atom. The van der Waals surface area contributed by atoms with Crippen molar-refractivity contribution >= 4 is 29.3 Å². The molecule has 2 aromatic heterocycles. The van der Waals surface area contributed by atoms with E-state index in [1.54, 1.807) is 6.07 Å². The Balaban J connectivity index is 1.61. The second-order valence-corrected chi connectivity index (χ2v) is 7.23. The fourth-order valence-electron chi connectivity index (χ4n) is 2.67. The smallest absolute Gasteiger partial charge is 0.233 e. The highest BCUT2D eigenvalue weighted by Crippen LogP contribution is 2.15. The van der Waals surface area contributed by atoms with Gasteiger partial charge in [0, 0.05) is 37.6 Å². The van der Waals surface area contributed by atoms with E-state index in [-0.39, 0.29) is 12.3 Å². The number of likely N-dealkylation sites (N-methyl/N-ethyl adjacent to an activating group) is 2. The lowest BCUT2D eigenvalue weighted by Crippen LogP contribution is -2.30. The third-order valence-electron chi connectivity index (χ3n) is 4.24. The van der Waals surface area contributed by atoms with Gasteiger partial charge in [0.2, 0.25) is 17.8 Å². The highest BCUT2D eigenvalue weighted by atomic mass is 16.1. The summed E-state index contributed by atoms with van der Waals surface area (Å²) >= 11 is 0. The van der Waals surface area contributed by atoms with Crippen LogP contribution in [0.1, 0.15) is 11.5 Å². The van der Waals surface area contributed by atoms with Crippen LogP contribution in [0.15, 0.2) is 36.4 Å². The van der Waals surface area contributed by atoms with Crippen LogP contribution in [-0.4, -0.2) is 70.2 Å². The molecule has 3 N–H and O–H groups in total. The Labute approximate surface area is 175 Å².